The minimum atomic E-state index is 0.476. The van der Waals surface area contributed by atoms with Gasteiger partial charge >= 0.3 is 0 Å². The van der Waals surface area contributed by atoms with Crippen molar-refractivity contribution < 1.29 is 0 Å². The standard InChI is InChI=1S/C15H20N8/c1-6-16-13-17-14(22-11(4)7-9(2)20-22)19-15(18-13)23-12(5)8-10(3)21-23/h7-8H,6H2,1-5H3,(H,16,17,18,19). The van der Waals surface area contributed by atoms with Gasteiger partial charge in [0.15, 0.2) is 0 Å². The van der Waals surface area contributed by atoms with E-state index in [1.54, 1.807) is 9.36 Å². The Labute approximate surface area is 134 Å². The molecule has 8 nitrogen and oxygen atoms in total. The molecule has 1 N–H and O–H groups in total. The van der Waals surface area contributed by atoms with Gasteiger partial charge < -0.3 is 5.32 Å². The van der Waals surface area contributed by atoms with Crippen LogP contribution in [0.2, 0.25) is 0 Å². The summed E-state index contributed by atoms with van der Waals surface area (Å²) >= 11 is 0. The molecule has 0 aliphatic heterocycles. The SMILES string of the molecule is CCNc1nc(-n2nc(C)cc2C)nc(-n2nc(C)cc2C)n1. The minimum Gasteiger partial charge on any atom is -0.354 e. The molecule has 0 bridgehead atoms. The summed E-state index contributed by atoms with van der Waals surface area (Å²) in [5.74, 6) is 1.46. The van der Waals surface area contributed by atoms with Crippen LogP contribution in [0.1, 0.15) is 29.7 Å². The average molecular weight is 312 g/mol. The number of aromatic nitrogens is 7. The number of aryl methyl sites for hydroxylation is 4. The minimum absolute atomic E-state index is 0.476. The second-order valence-electron chi connectivity index (χ2n) is 5.47. The summed E-state index contributed by atoms with van der Waals surface area (Å²) in [5.41, 5.74) is 3.77. The van der Waals surface area contributed by atoms with Crippen LogP contribution in [-0.4, -0.2) is 41.1 Å². The maximum atomic E-state index is 4.54. The molecule has 23 heavy (non-hydrogen) atoms. The second kappa shape index (κ2) is 5.79. The topological polar surface area (TPSA) is 86.3 Å². The van der Waals surface area contributed by atoms with E-state index in [9.17, 15) is 0 Å². The predicted molar refractivity (Wildman–Crippen MR) is 87.2 cm³/mol. The highest BCUT2D eigenvalue weighted by atomic mass is 15.4. The van der Waals surface area contributed by atoms with E-state index in [1.807, 2.05) is 46.8 Å². The normalized spacial score (nSPS) is 11.0. The molecular weight excluding hydrogens is 292 g/mol. The van der Waals surface area contributed by atoms with Crippen molar-refractivity contribution in [3.63, 3.8) is 0 Å². The van der Waals surface area contributed by atoms with E-state index >= 15 is 0 Å². The highest BCUT2D eigenvalue weighted by Gasteiger charge is 2.14. The number of hydrogen-bond acceptors (Lipinski definition) is 6. The third-order valence-electron chi connectivity index (χ3n) is 3.34. The number of nitrogens with one attached hydrogen (secondary N) is 1. The molecule has 3 aromatic rings. The monoisotopic (exact) mass is 312 g/mol. The largest absolute Gasteiger partial charge is 0.354 e. The summed E-state index contributed by atoms with van der Waals surface area (Å²) < 4.78 is 3.43. The lowest BCUT2D eigenvalue weighted by Gasteiger charge is -2.09. The summed E-state index contributed by atoms with van der Waals surface area (Å²) in [7, 11) is 0. The van der Waals surface area contributed by atoms with Crippen LogP contribution in [0.25, 0.3) is 11.9 Å². The zero-order valence-electron chi connectivity index (χ0n) is 14.0. The van der Waals surface area contributed by atoms with E-state index in [0.717, 1.165) is 29.3 Å². The molecule has 120 valence electrons. The van der Waals surface area contributed by atoms with Gasteiger partial charge in [0, 0.05) is 17.9 Å². The molecule has 0 amide bonds. The lowest BCUT2D eigenvalue weighted by Crippen LogP contribution is -2.15. The van der Waals surface area contributed by atoms with Crippen molar-refractivity contribution in [2.24, 2.45) is 0 Å². The second-order valence-corrected chi connectivity index (χ2v) is 5.47. The zero-order chi connectivity index (χ0) is 16.6. The van der Waals surface area contributed by atoms with Crippen molar-refractivity contribution in [2.75, 3.05) is 11.9 Å². The number of hydrogen-bond donors (Lipinski definition) is 1. The van der Waals surface area contributed by atoms with Crippen LogP contribution < -0.4 is 5.32 Å². The highest BCUT2D eigenvalue weighted by molar-refractivity contribution is 5.34. The Bertz CT molecular complexity index is 781. The van der Waals surface area contributed by atoms with Crippen molar-refractivity contribution in [1.29, 1.82) is 0 Å². The van der Waals surface area contributed by atoms with Gasteiger partial charge in [-0.2, -0.15) is 25.1 Å². The van der Waals surface area contributed by atoms with Gasteiger partial charge in [-0.1, -0.05) is 0 Å². The molecule has 0 aliphatic rings. The average Bonchev–Trinajstić information content (AvgIpc) is 3.00. The van der Waals surface area contributed by atoms with Crippen LogP contribution in [0, 0.1) is 27.7 Å². The maximum absolute atomic E-state index is 4.54. The Kier molecular flexibility index (Phi) is 3.81. The Hall–Kier alpha value is -2.77. The molecule has 8 heteroatoms. The van der Waals surface area contributed by atoms with Crippen molar-refractivity contribution in [2.45, 2.75) is 34.6 Å². The van der Waals surface area contributed by atoms with Gasteiger partial charge in [-0.05, 0) is 46.8 Å². The third-order valence-corrected chi connectivity index (χ3v) is 3.34. The Balaban J connectivity index is 2.17. The van der Waals surface area contributed by atoms with Crippen molar-refractivity contribution in [1.82, 2.24) is 34.5 Å². The Morgan fingerprint density at radius 3 is 1.65 bits per heavy atom. The number of rotatable bonds is 4. The molecule has 0 atom stereocenters. The first-order valence-corrected chi connectivity index (χ1v) is 7.55. The Morgan fingerprint density at radius 2 is 1.30 bits per heavy atom. The van der Waals surface area contributed by atoms with E-state index in [4.69, 9.17) is 0 Å². The van der Waals surface area contributed by atoms with E-state index in [0.29, 0.717) is 17.8 Å². The summed E-state index contributed by atoms with van der Waals surface area (Å²) in [5, 5.41) is 12.0. The van der Waals surface area contributed by atoms with E-state index in [-0.39, 0.29) is 0 Å². The lowest BCUT2D eigenvalue weighted by molar-refractivity contribution is 0.718. The molecule has 0 saturated carbocycles. The summed E-state index contributed by atoms with van der Waals surface area (Å²) in [4.78, 5) is 13.5. The maximum Gasteiger partial charge on any atom is 0.257 e. The molecule has 0 spiro atoms. The molecule has 0 unspecified atom stereocenters. The first kappa shape index (κ1) is 15.1. The first-order valence-electron chi connectivity index (χ1n) is 7.55. The van der Waals surface area contributed by atoms with E-state index in [1.165, 1.54) is 0 Å². The molecule has 3 rings (SSSR count). The van der Waals surface area contributed by atoms with Gasteiger partial charge in [-0.15, -0.1) is 0 Å². The molecule has 3 heterocycles. The smallest absolute Gasteiger partial charge is 0.257 e. The Morgan fingerprint density at radius 1 is 0.826 bits per heavy atom. The summed E-state index contributed by atoms with van der Waals surface area (Å²) in [6, 6.07) is 3.97. The van der Waals surface area contributed by atoms with Crippen molar-refractivity contribution in [3.05, 3.63) is 34.9 Å². The lowest BCUT2D eigenvalue weighted by atomic mass is 10.4. The van der Waals surface area contributed by atoms with Gasteiger partial charge in [0.2, 0.25) is 5.95 Å². The molecular formula is C15H20N8. The third kappa shape index (κ3) is 2.92. The molecule has 3 aromatic heterocycles. The summed E-state index contributed by atoms with van der Waals surface area (Å²) in [6.07, 6.45) is 0. The van der Waals surface area contributed by atoms with Crippen LogP contribution in [0.3, 0.4) is 0 Å². The molecule has 0 aliphatic carbocycles. The molecule has 0 aromatic carbocycles. The molecule has 0 saturated heterocycles. The zero-order valence-corrected chi connectivity index (χ0v) is 14.0. The van der Waals surface area contributed by atoms with Gasteiger partial charge in [0.1, 0.15) is 0 Å². The fourth-order valence-corrected chi connectivity index (χ4v) is 2.44. The van der Waals surface area contributed by atoms with Crippen LogP contribution in [0.4, 0.5) is 5.95 Å². The number of nitrogens with zero attached hydrogens (tertiary/aromatic N) is 7. The molecule has 0 radical (unpaired) electrons. The van der Waals surface area contributed by atoms with Gasteiger partial charge in [0.05, 0.1) is 11.4 Å². The van der Waals surface area contributed by atoms with E-state index < -0.39 is 0 Å². The highest BCUT2D eigenvalue weighted by Crippen LogP contribution is 2.14. The number of anilines is 1. The van der Waals surface area contributed by atoms with Crippen LogP contribution in [0.5, 0.6) is 0 Å². The van der Waals surface area contributed by atoms with Crippen molar-refractivity contribution in [3.8, 4) is 11.9 Å². The van der Waals surface area contributed by atoms with Gasteiger partial charge in [0.25, 0.3) is 11.9 Å². The quantitative estimate of drug-likeness (QED) is 0.792. The fraction of sp³-hybridized carbons (Fsp3) is 0.400. The van der Waals surface area contributed by atoms with Crippen LogP contribution >= 0.6 is 0 Å². The summed E-state index contributed by atoms with van der Waals surface area (Å²) in [6.45, 7) is 10.5. The van der Waals surface area contributed by atoms with Gasteiger partial charge in [-0.25, -0.2) is 9.36 Å². The predicted octanol–water partition coefficient (Wildman–Crippen LogP) is 1.91. The van der Waals surface area contributed by atoms with Gasteiger partial charge in [-0.3, -0.25) is 0 Å². The van der Waals surface area contributed by atoms with E-state index in [2.05, 4.69) is 30.5 Å². The first-order chi connectivity index (χ1) is 11.0. The fourth-order valence-electron chi connectivity index (χ4n) is 2.44. The molecule has 0 fully saturated rings. The van der Waals surface area contributed by atoms with Crippen LogP contribution in [-0.2, 0) is 0 Å². The van der Waals surface area contributed by atoms with Crippen molar-refractivity contribution >= 4 is 5.95 Å². The van der Waals surface area contributed by atoms with Crippen LogP contribution in [0.15, 0.2) is 12.1 Å².